The van der Waals surface area contributed by atoms with E-state index in [0.29, 0.717) is 12.3 Å². The van der Waals surface area contributed by atoms with Gasteiger partial charge in [-0.1, -0.05) is 26.0 Å². The van der Waals surface area contributed by atoms with Gasteiger partial charge in [0.25, 0.3) is 0 Å². The van der Waals surface area contributed by atoms with E-state index in [1.807, 2.05) is 38.1 Å². The summed E-state index contributed by atoms with van der Waals surface area (Å²) in [5.41, 5.74) is 3.45. The van der Waals surface area contributed by atoms with Crippen LogP contribution in [0.5, 0.6) is 11.5 Å². The van der Waals surface area contributed by atoms with Crippen molar-refractivity contribution < 1.29 is 23.6 Å². The van der Waals surface area contributed by atoms with Crippen molar-refractivity contribution in [1.29, 1.82) is 0 Å². The number of hydrogen-bond acceptors (Lipinski definition) is 3. The number of nitrogens with one attached hydrogen (secondary N) is 2. The molecule has 156 valence electrons. The van der Waals surface area contributed by atoms with Crippen LogP contribution in [0, 0.1) is 11.7 Å². The summed E-state index contributed by atoms with van der Waals surface area (Å²) < 4.78 is 24.3. The van der Waals surface area contributed by atoms with Gasteiger partial charge in [0.05, 0.1) is 27.3 Å². The maximum Gasteiger partial charge on any atom is 0.222 e. The smallest absolute Gasteiger partial charge is 0.222 e. The first-order valence-corrected chi connectivity index (χ1v) is 10.0. The molecular weight excluding hydrogens is 371 g/mol. The van der Waals surface area contributed by atoms with Crippen LogP contribution < -0.4 is 19.7 Å². The zero-order chi connectivity index (χ0) is 21.0. The molecule has 3 rings (SSSR count). The van der Waals surface area contributed by atoms with Gasteiger partial charge in [-0.3, -0.25) is 4.79 Å². The van der Waals surface area contributed by atoms with Crippen molar-refractivity contribution in [2.45, 2.75) is 32.9 Å². The average Bonchev–Trinajstić information content (AvgIpc) is 2.73. The van der Waals surface area contributed by atoms with Crippen LogP contribution in [0.1, 0.15) is 36.6 Å². The monoisotopic (exact) mass is 401 g/mol. The maximum atomic E-state index is 13.3. The highest BCUT2D eigenvalue weighted by molar-refractivity contribution is 5.77. The molecule has 6 heteroatoms. The second-order valence-electron chi connectivity index (χ2n) is 7.82. The van der Waals surface area contributed by atoms with Crippen molar-refractivity contribution in [3.05, 3.63) is 58.9 Å². The number of fused-ring (bicyclic) bond motifs is 1. The van der Waals surface area contributed by atoms with E-state index in [2.05, 4.69) is 5.32 Å². The number of carbonyl (C=O) groups excluding carboxylic acids is 1. The number of quaternary nitrogens is 1. The molecule has 0 spiro atoms. The second-order valence-corrected chi connectivity index (χ2v) is 7.82. The van der Waals surface area contributed by atoms with Gasteiger partial charge in [-0.25, -0.2) is 4.39 Å². The molecule has 0 fully saturated rings. The molecule has 1 aliphatic heterocycles. The standard InChI is InChI=1S/C23H29FN2O3/c1-15(2)23(27)25-13-20-19-12-22(29-4)21(28-3)11-17(19)9-10-26(20)14-16-5-7-18(24)8-6-16/h5-8,11-12,15,20H,9-10,13-14H2,1-4H3,(H,25,27)/p+1/t20-/m1/s1. The van der Waals surface area contributed by atoms with Crippen LogP contribution in [0.3, 0.4) is 0 Å². The van der Waals surface area contributed by atoms with E-state index in [-0.39, 0.29) is 23.7 Å². The summed E-state index contributed by atoms with van der Waals surface area (Å²) in [5, 5.41) is 3.09. The number of halogens is 1. The number of rotatable bonds is 7. The molecule has 5 nitrogen and oxygen atoms in total. The van der Waals surface area contributed by atoms with Gasteiger partial charge in [0.2, 0.25) is 5.91 Å². The topological polar surface area (TPSA) is 52.0 Å². The molecule has 0 radical (unpaired) electrons. The lowest BCUT2D eigenvalue weighted by Crippen LogP contribution is -3.12. The van der Waals surface area contributed by atoms with E-state index in [9.17, 15) is 9.18 Å². The predicted octanol–water partition coefficient (Wildman–Crippen LogP) is 2.30. The van der Waals surface area contributed by atoms with Crippen LogP contribution in [-0.4, -0.2) is 33.2 Å². The summed E-state index contributed by atoms with van der Waals surface area (Å²) in [5.74, 6) is 1.15. The lowest BCUT2D eigenvalue weighted by atomic mass is 9.91. The molecule has 1 amide bonds. The Labute approximate surface area is 171 Å². The summed E-state index contributed by atoms with van der Waals surface area (Å²) in [4.78, 5) is 13.6. The number of hydrogen-bond donors (Lipinski definition) is 2. The Balaban J connectivity index is 1.91. The summed E-state index contributed by atoms with van der Waals surface area (Å²) in [6.07, 6.45) is 0.904. The molecule has 0 aromatic heterocycles. The zero-order valence-corrected chi connectivity index (χ0v) is 17.5. The van der Waals surface area contributed by atoms with Crippen molar-refractivity contribution in [1.82, 2.24) is 5.32 Å². The summed E-state index contributed by atoms with van der Waals surface area (Å²) in [7, 11) is 3.27. The molecule has 2 atom stereocenters. The molecule has 2 aromatic carbocycles. The van der Waals surface area contributed by atoms with Crippen molar-refractivity contribution in [2.75, 3.05) is 27.3 Å². The normalized spacial score (nSPS) is 18.3. The van der Waals surface area contributed by atoms with E-state index in [1.54, 1.807) is 14.2 Å². The van der Waals surface area contributed by atoms with Crippen LogP contribution in [0.15, 0.2) is 36.4 Å². The van der Waals surface area contributed by atoms with Crippen molar-refractivity contribution >= 4 is 5.91 Å². The quantitative estimate of drug-likeness (QED) is 0.749. The van der Waals surface area contributed by atoms with E-state index in [0.717, 1.165) is 36.4 Å². The molecule has 0 aliphatic carbocycles. The fourth-order valence-electron chi connectivity index (χ4n) is 3.90. The Morgan fingerprint density at radius 3 is 2.45 bits per heavy atom. The van der Waals surface area contributed by atoms with E-state index < -0.39 is 0 Å². The van der Waals surface area contributed by atoms with Crippen molar-refractivity contribution in [3.63, 3.8) is 0 Å². The van der Waals surface area contributed by atoms with Gasteiger partial charge in [-0.2, -0.15) is 0 Å². The Morgan fingerprint density at radius 2 is 1.83 bits per heavy atom. The Bertz CT molecular complexity index is 852. The van der Waals surface area contributed by atoms with Crippen LogP contribution in [0.4, 0.5) is 4.39 Å². The zero-order valence-electron chi connectivity index (χ0n) is 17.5. The molecule has 2 N–H and O–H groups in total. The van der Waals surface area contributed by atoms with Gasteiger partial charge >= 0.3 is 0 Å². The summed E-state index contributed by atoms with van der Waals surface area (Å²) in [6, 6.07) is 10.8. The minimum absolute atomic E-state index is 0.0405. The molecule has 0 bridgehead atoms. The first kappa shape index (κ1) is 21.1. The molecule has 0 saturated heterocycles. The highest BCUT2D eigenvalue weighted by atomic mass is 19.1. The fourth-order valence-corrected chi connectivity index (χ4v) is 3.90. The molecule has 1 aliphatic rings. The van der Waals surface area contributed by atoms with Crippen LogP contribution in [-0.2, 0) is 17.8 Å². The molecule has 2 aromatic rings. The summed E-state index contributed by atoms with van der Waals surface area (Å²) >= 11 is 0. The number of amides is 1. The molecule has 1 unspecified atom stereocenters. The minimum Gasteiger partial charge on any atom is -0.493 e. The van der Waals surface area contributed by atoms with E-state index in [4.69, 9.17) is 9.47 Å². The average molecular weight is 402 g/mol. The van der Waals surface area contributed by atoms with Gasteiger partial charge in [-0.05, 0) is 29.8 Å². The third-order valence-corrected chi connectivity index (χ3v) is 5.58. The molecular formula is C23H30FN2O3+. The highest BCUT2D eigenvalue weighted by Crippen LogP contribution is 2.34. The lowest BCUT2D eigenvalue weighted by Gasteiger charge is -2.35. The number of ether oxygens (including phenoxy) is 2. The first-order valence-electron chi connectivity index (χ1n) is 10.0. The number of benzene rings is 2. The molecule has 1 heterocycles. The SMILES string of the molecule is COc1cc2c(cc1OC)[C@@H](CNC(=O)C(C)C)[NH+](Cc1ccc(F)cc1)CC2. The van der Waals surface area contributed by atoms with E-state index in [1.165, 1.54) is 22.6 Å². The summed E-state index contributed by atoms with van der Waals surface area (Å²) in [6.45, 7) is 6.00. The van der Waals surface area contributed by atoms with Crippen LogP contribution in [0.25, 0.3) is 0 Å². The number of carbonyl (C=O) groups is 1. The van der Waals surface area contributed by atoms with Crippen LogP contribution in [0.2, 0.25) is 0 Å². The Morgan fingerprint density at radius 1 is 1.17 bits per heavy atom. The fraction of sp³-hybridized carbons (Fsp3) is 0.435. The first-order chi connectivity index (χ1) is 13.9. The Hall–Kier alpha value is -2.60. The van der Waals surface area contributed by atoms with Gasteiger partial charge in [-0.15, -0.1) is 0 Å². The Kier molecular flexibility index (Phi) is 6.75. The van der Waals surface area contributed by atoms with Gasteiger partial charge in [0, 0.05) is 23.5 Å². The van der Waals surface area contributed by atoms with Crippen molar-refractivity contribution in [3.8, 4) is 11.5 Å². The third kappa shape index (κ3) is 4.88. The molecule has 0 saturated carbocycles. The van der Waals surface area contributed by atoms with Crippen molar-refractivity contribution in [2.24, 2.45) is 5.92 Å². The van der Waals surface area contributed by atoms with Crippen LogP contribution >= 0.6 is 0 Å². The predicted molar refractivity (Wildman–Crippen MR) is 110 cm³/mol. The van der Waals surface area contributed by atoms with Gasteiger partial charge in [0.1, 0.15) is 18.4 Å². The van der Waals surface area contributed by atoms with E-state index >= 15 is 0 Å². The molecule has 29 heavy (non-hydrogen) atoms. The van der Waals surface area contributed by atoms with Gasteiger partial charge < -0.3 is 19.7 Å². The third-order valence-electron chi connectivity index (χ3n) is 5.58. The number of methoxy groups -OCH3 is 2. The highest BCUT2D eigenvalue weighted by Gasteiger charge is 2.33. The largest absolute Gasteiger partial charge is 0.493 e. The maximum absolute atomic E-state index is 13.3. The lowest BCUT2D eigenvalue weighted by molar-refractivity contribution is -0.945. The minimum atomic E-state index is -0.231. The second kappa shape index (κ2) is 9.27. The van der Waals surface area contributed by atoms with Gasteiger partial charge in [0.15, 0.2) is 11.5 Å².